The van der Waals surface area contributed by atoms with E-state index in [-0.39, 0.29) is 12.4 Å². The number of carbonyl (C=O) groups excluding carboxylic acids is 1. The van der Waals surface area contributed by atoms with Crippen molar-refractivity contribution in [2.45, 2.75) is 20.5 Å². The fraction of sp³-hybridized carbons (Fsp3) is 0.188. The van der Waals surface area contributed by atoms with Crippen LogP contribution in [0.3, 0.4) is 0 Å². The number of hydrogen-bond acceptors (Lipinski definition) is 4. The predicted octanol–water partition coefficient (Wildman–Crippen LogP) is 2.71. The Morgan fingerprint density at radius 1 is 1.19 bits per heavy atom. The number of aromatic hydroxyl groups is 1. The van der Waals surface area contributed by atoms with E-state index in [1.807, 2.05) is 19.9 Å². The molecule has 0 aromatic heterocycles. The number of aryl methyl sites for hydroxylation is 2. The number of rotatable bonds is 4. The second kappa shape index (κ2) is 6.28. The molecule has 3 N–H and O–H groups in total. The van der Waals surface area contributed by atoms with Gasteiger partial charge in [0, 0.05) is 11.1 Å². The molecule has 0 saturated heterocycles. The van der Waals surface area contributed by atoms with Gasteiger partial charge in [-0.15, -0.1) is 0 Å². The highest BCUT2D eigenvalue weighted by molar-refractivity contribution is 5.95. The average molecular weight is 287 g/mol. The van der Waals surface area contributed by atoms with Crippen molar-refractivity contribution in [1.29, 1.82) is 0 Å². The lowest BCUT2D eigenvalue weighted by Crippen LogP contribution is -2.21. The van der Waals surface area contributed by atoms with Crippen molar-refractivity contribution in [3.8, 4) is 11.5 Å². The van der Waals surface area contributed by atoms with Crippen LogP contribution < -0.4 is 10.2 Å². The molecule has 0 fully saturated rings. The van der Waals surface area contributed by atoms with Crippen LogP contribution in [0.25, 0.3) is 0 Å². The highest BCUT2D eigenvalue weighted by Gasteiger charge is 2.13. The van der Waals surface area contributed by atoms with Gasteiger partial charge in [0.05, 0.1) is 0 Å². The summed E-state index contributed by atoms with van der Waals surface area (Å²) in [5, 5.41) is 18.2. The third kappa shape index (κ3) is 3.32. The van der Waals surface area contributed by atoms with Crippen LogP contribution in [0.4, 0.5) is 0 Å². The van der Waals surface area contributed by atoms with Crippen LogP contribution >= 0.6 is 0 Å². The van der Waals surface area contributed by atoms with E-state index in [4.69, 9.17) is 9.94 Å². The zero-order chi connectivity index (χ0) is 15.4. The molecule has 0 aliphatic carbocycles. The van der Waals surface area contributed by atoms with Gasteiger partial charge in [0.15, 0.2) is 0 Å². The number of hydroxylamine groups is 1. The lowest BCUT2D eigenvalue weighted by molar-refractivity contribution is 0.0703. The molecular formula is C16H17NO4. The van der Waals surface area contributed by atoms with Gasteiger partial charge in [0.25, 0.3) is 5.91 Å². The molecule has 0 unspecified atom stereocenters. The fourth-order valence-corrected chi connectivity index (χ4v) is 2.11. The molecule has 0 bridgehead atoms. The number of phenolic OH excluding ortho intramolecular Hbond substituents is 1. The SMILES string of the molecule is Cc1cc(O)ccc1OCc1c(C)cccc1C(=O)NO. The van der Waals surface area contributed by atoms with E-state index in [0.717, 1.165) is 11.1 Å². The van der Waals surface area contributed by atoms with Crippen molar-refractivity contribution in [2.24, 2.45) is 0 Å². The number of amides is 1. The van der Waals surface area contributed by atoms with Crippen LogP contribution in [-0.2, 0) is 6.61 Å². The minimum absolute atomic E-state index is 0.177. The molecule has 110 valence electrons. The number of hydrogen-bond donors (Lipinski definition) is 3. The summed E-state index contributed by atoms with van der Waals surface area (Å²) < 4.78 is 5.72. The molecule has 0 radical (unpaired) electrons. The first-order chi connectivity index (χ1) is 10.0. The largest absolute Gasteiger partial charge is 0.508 e. The molecule has 0 spiro atoms. The molecule has 0 atom stereocenters. The number of benzene rings is 2. The Morgan fingerprint density at radius 2 is 1.95 bits per heavy atom. The smallest absolute Gasteiger partial charge is 0.275 e. The van der Waals surface area contributed by atoms with Crippen LogP contribution in [0.2, 0.25) is 0 Å². The first-order valence-corrected chi connectivity index (χ1v) is 6.48. The van der Waals surface area contributed by atoms with E-state index < -0.39 is 5.91 Å². The summed E-state index contributed by atoms with van der Waals surface area (Å²) in [4.78, 5) is 11.7. The van der Waals surface area contributed by atoms with Gasteiger partial charge in [-0.05, 0) is 49.2 Å². The van der Waals surface area contributed by atoms with Crippen molar-refractivity contribution < 1.29 is 19.8 Å². The Morgan fingerprint density at radius 3 is 2.62 bits per heavy atom. The van der Waals surface area contributed by atoms with Crippen LogP contribution in [0.5, 0.6) is 11.5 Å². The number of phenols is 1. The minimum atomic E-state index is -0.570. The van der Waals surface area contributed by atoms with Gasteiger partial charge in [-0.3, -0.25) is 10.0 Å². The molecule has 5 nitrogen and oxygen atoms in total. The maximum Gasteiger partial charge on any atom is 0.275 e. The highest BCUT2D eigenvalue weighted by Crippen LogP contribution is 2.24. The van der Waals surface area contributed by atoms with Crippen LogP contribution in [-0.4, -0.2) is 16.2 Å². The van der Waals surface area contributed by atoms with Gasteiger partial charge in [-0.25, -0.2) is 5.48 Å². The zero-order valence-corrected chi connectivity index (χ0v) is 11.9. The predicted molar refractivity (Wildman–Crippen MR) is 77.6 cm³/mol. The summed E-state index contributed by atoms with van der Waals surface area (Å²) in [5.74, 6) is 0.238. The maximum atomic E-state index is 11.7. The molecule has 0 aliphatic rings. The van der Waals surface area contributed by atoms with Gasteiger partial charge in [0.1, 0.15) is 18.1 Å². The normalized spacial score (nSPS) is 10.2. The van der Waals surface area contributed by atoms with Crippen molar-refractivity contribution in [2.75, 3.05) is 0 Å². The zero-order valence-electron chi connectivity index (χ0n) is 11.9. The molecule has 0 aliphatic heterocycles. The molecular weight excluding hydrogens is 270 g/mol. The monoisotopic (exact) mass is 287 g/mol. The van der Waals surface area contributed by atoms with Crippen molar-refractivity contribution in [3.05, 3.63) is 58.7 Å². The third-order valence-electron chi connectivity index (χ3n) is 3.29. The summed E-state index contributed by atoms with van der Waals surface area (Å²) in [6.07, 6.45) is 0. The molecule has 0 saturated carbocycles. The summed E-state index contributed by atoms with van der Waals surface area (Å²) in [6.45, 7) is 3.89. The van der Waals surface area contributed by atoms with E-state index in [0.29, 0.717) is 16.9 Å². The summed E-state index contributed by atoms with van der Waals surface area (Å²) in [7, 11) is 0. The standard InChI is InChI=1S/C16H17NO4/c1-10-4-3-5-13(16(19)17-20)14(10)9-21-15-7-6-12(18)8-11(15)2/h3-8,18,20H,9H2,1-2H3,(H,17,19). The Hall–Kier alpha value is -2.53. The molecule has 2 aromatic carbocycles. The lowest BCUT2D eigenvalue weighted by atomic mass is 10.0. The molecule has 0 heterocycles. The van der Waals surface area contributed by atoms with Crippen LogP contribution in [0.15, 0.2) is 36.4 Å². The lowest BCUT2D eigenvalue weighted by Gasteiger charge is -2.14. The van der Waals surface area contributed by atoms with Gasteiger partial charge in [-0.2, -0.15) is 0 Å². The van der Waals surface area contributed by atoms with Crippen molar-refractivity contribution >= 4 is 5.91 Å². The number of carbonyl (C=O) groups is 1. The quantitative estimate of drug-likeness (QED) is 0.597. The fourth-order valence-electron chi connectivity index (χ4n) is 2.11. The van der Waals surface area contributed by atoms with Crippen LogP contribution in [0.1, 0.15) is 27.0 Å². The molecule has 21 heavy (non-hydrogen) atoms. The summed E-state index contributed by atoms with van der Waals surface area (Å²) in [5.41, 5.74) is 4.41. The van der Waals surface area contributed by atoms with Gasteiger partial charge >= 0.3 is 0 Å². The van der Waals surface area contributed by atoms with Gasteiger partial charge in [0.2, 0.25) is 0 Å². The van der Waals surface area contributed by atoms with Gasteiger partial charge in [-0.1, -0.05) is 12.1 Å². The molecule has 2 aromatic rings. The van der Waals surface area contributed by atoms with Crippen molar-refractivity contribution in [3.63, 3.8) is 0 Å². The summed E-state index contributed by atoms with van der Waals surface area (Å²) in [6, 6.07) is 10.1. The highest BCUT2D eigenvalue weighted by atomic mass is 16.5. The number of nitrogens with one attached hydrogen (secondary N) is 1. The average Bonchev–Trinajstić information content (AvgIpc) is 2.46. The third-order valence-corrected chi connectivity index (χ3v) is 3.29. The van der Waals surface area contributed by atoms with E-state index in [1.54, 1.807) is 35.8 Å². The Kier molecular flexibility index (Phi) is 4.45. The second-order valence-corrected chi connectivity index (χ2v) is 4.78. The van der Waals surface area contributed by atoms with E-state index in [2.05, 4.69) is 0 Å². The van der Waals surface area contributed by atoms with E-state index in [9.17, 15) is 9.90 Å². The second-order valence-electron chi connectivity index (χ2n) is 4.78. The first-order valence-electron chi connectivity index (χ1n) is 6.48. The summed E-state index contributed by atoms with van der Waals surface area (Å²) >= 11 is 0. The maximum absolute atomic E-state index is 11.7. The first kappa shape index (κ1) is 14.9. The van der Waals surface area contributed by atoms with Crippen LogP contribution in [0, 0.1) is 13.8 Å². The Bertz CT molecular complexity index is 667. The van der Waals surface area contributed by atoms with E-state index in [1.165, 1.54) is 0 Å². The van der Waals surface area contributed by atoms with Gasteiger partial charge < -0.3 is 9.84 Å². The molecule has 5 heteroatoms. The number of ether oxygens (including phenoxy) is 1. The molecule has 1 amide bonds. The minimum Gasteiger partial charge on any atom is -0.508 e. The Labute approximate surface area is 122 Å². The molecule has 2 rings (SSSR count). The van der Waals surface area contributed by atoms with Crippen molar-refractivity contribution in [1.82, 2.24) is 5.48 Å². The Balaban J connectivity index is 2.25. The van der Waals surface area contributed by atoms with E-state index >= 15 is 0 Å². The topological polar surface area (TPSA) is 78.8 Å².